The molecule has 2 aromatic rings. The molecule has 20 heavy (non-hydrogen) atoms. The Hall–Kier alpha value is -2.49. The predicted molar refractivity (Wildman–Crippen MR) is 77.3 cm³/mol. The van der Waals surface area contributed by atoms with Crippen molar-refractivity contribution in [2.75, 3.05) is 0 Å². The smallest absolute Gasteiger partial charge is 0.267 e. The van der Waals surface area contributed by atoms with Crippen LogP contribution in [-0.4, -0.2) is 12.1 Å². The van der Waals surface area contributed by atoms with Gasteiger partial charge in [0.15, 0.2) is 0 Å². The topological polar surface area (TPSA) is 41.5 Å². The monoisotopic (exact) mass is 270 g/mol. The first-order valence-corrected chi connectivity index (χ1v) is 6.37. The summed E-state index contributed by atoms with van der Waals surface area (Å²) in [5.41, 5.74) is 4.92. The normalized spacial score (nSPS) is 10.7. The lowest BCUT2D eigenvalue weighted by Gasteiger charge is -2.00. The van der Waals surface area contributed by atoms with Crippen molar-refractivity contribution in [3.63, 3.8) is 0 Å². The summed E-state index contributed by atoms with van der Waals surface area (Å²) in [7, 11) is 0. The van der Waals surface area contributed by atoms with Crippen LogP contribution in [0.15, 0.2) is 53.6 Å². The third-order valence-corrected chi connectivity index (χ3v) is 2.87. The molecule has 0 saturated carbocycles. The summed E-state index contributed by atoms with van der Waals surface area (Å²) in [4.78, 5) is 11.7. The van der Waals surface area contributed by atoms with E-state index in [1.54, 1.807) is 6.21 Å². The number of rotatable bonds is 4. The summed E-state index contributed by atoms with van der Waals surface area (Å²) in [5, 5.41) is 3.88. The van der Waals surface area contributed by atoms with Crippen molar-refractivity contribution in [3.05, 3.63) is 71.0 Å². The number of aryl methyl sites for hydroxylation is 1. The largest absolute Gasteiger partial charge is 0.271 e. The summed E-state index contributed by atoms with van der Waals surface area (Å²) in [6.07, 6.45) is 2.56. The van der Waals surface area contributed by atoms with Crippen LogP contribution in [-0.2, 0) is 6.42 Å². The lowest BCUT2D eigenvalue weighted by Crippen LogP contribution is -2.17. The molecule has 0 heterocycles. The van der Waals surface area contributed by atoms with E-state index in [4.69, 9.17) is 0 Å². The number of carbonyl (C=O) groups is 1. The van der Waals surface area contributed by atoms with Crippen LogP contribution in [0, 0.1) is 5.82 Å². The van der Waals surface area contributed by atoms with Crippen molar-refractivity contribution in [1.29, 1.82) is 0 Å². The Labute approximate surface area is 117 Å². The van der Waals surface area contributed by atoms with Gasteiger partial charge in [-0.25, -0.2) is 9.82 Å². The van der Waals surface area contributed by atoms with E-state index in [1.165, 1.54) is 29.8 Å². The summed E-state index contributed by atoms with van der Waals surface area (Å²) in [6, 6.07) is 13.2. The second-order valence-electron chi connectivity index (χ2n) is 4.30. The Morgan fingerprint density at radius 2 is 1.80 bits per heavy atom. The summed E-state index contributed by atoms with van der Waals surface area (Å²) in [5.74, 6) is -0.743. The van der Waals surface area contributed by atoms with Crippen molar-refractivity contribution in [3.8, 4) is 0 Å². The molecule has 0 aromatic heterocycles. The number of nitrogens with zero attached hydrogens (tertiary/aromatic N) is 1. The highest BCUT2D eigenvalue weighted by molar-refractivity contribution is 5.94. The number of hydrogen-bond donors (Lipinski definition) is 1. The molecular weight excluding hydrogens is 255 g/mol. The van der Waals surface area contributed by atoms with E-state index in [0.717, 1.165) is 12.0 Å². The first kappa shape index (κ1) is 13.9. The molecule has 1 N–H and O–H groups in total. The van der Waals surface area contributed by atoms with Crippen molar-refractivity contribution in [2.24, 2.45) is 5.10 Å². The fraction of sp³-hybridized carbons (Fsp3) is 0.125. The quantitative estimate of drug-likeness (QED) is 0.673. The Morgan fingerprint density at radius 1 is 1.15 bits per heavy atom. The Balaban J connectivity index is 1.95. The molecule has 0 aliphatic carbocycles. The average molecular weight is 270 g/mol. The van der Waals surface area contributed by atoms with E-state index in [-0.39, 0.29) is 11.7 Å². The number of nitrogens with one attached hydrogen (secondary N) is 1. The average Bonchev–Trinajstić information content (AvgIpc) is 2.48. The van der Waals surface area contributed by atoms with Crippen LogP contribution in [0.4, 0.5) is 4.39 Å². The van der Waals surface area contributed by atoms with E-state index in [9.17, 15) is 9.18 Å². The van der Waals surface area contributed by atoms with Gasteiger partial charge in [0.05, 0.1) is 6.21 Å². The van der Waals surface area contributed by atoms with Crippen LogP contribution in [0.5, 0.6) is 0 Å². The minimum atomic E-state index is -0.374. The zero-order chi connectivity index (χ0) is 14.4. The van der Waals surface area contributed by atoms with Gasteiger partial charge in [-0.05, 0) is 41.8 Å². The zero-order valence-electron chi connectivity index (χ0n) is 11.1. The van der Waals surface area contributed by atoms with Crippen molar-refractivity contribution in [2.45, 2.75) is 13.3 Å². The van der Waals surface area contributed by atoms with Gasteiger partial charge in [-0.3, -0.25) is 4.79 Å². The van der Waals surface area contributed by atoms with E-state index < -0.39 is 0 Å². The van der Waals surface area contributed by atoms with Gasteiger partial charge in [-0.1, -0.05) is 31.2 Å². The molecule has 0 atom stereocenters. The molecule has 0 unspecified atom stereocenters. The zero-order valence-corrected chi connectivity index (χ0v) is 11.1. The van der Waals surface area contributed by atoms with E-state index in [0.29, 0.717) is 5.56 Å². The maximum atomic E-state index is 12.7. The second kappa shape index (κ2) is 6.61. The number of carbonyl (C=O) groups excluding carboxylic acids is 1. The summed E-state index contributed by atoms with van der Waals surface area (Å²) in [6.45, 7) is 2.09. The lowest BCUT2D eigenvalue weighted by atomic mass is 10.1. The third kappa shape index (κ3) is 3.75. The van der Waals surface area contributed by atoms with Gasteiger partial charge in [0.2, 0.25) is 0 Å². The van der Waals surface area contributed by atoms with E-state index in [1.807, 2.05) is 24.3 Å². The minimum absolute atomic E-state index is 0.366. The molecule has 0 spiro atoms. The molecular formula is C16H15FN2O. The fourth-order valence-corrected chi connectivity index (χ4v) is 1.67. The first-order valence-electron chi connectivity index (χ1n) is 6.37. The van der Waals surface area contributed by atoms with Crippen molar-refractivity contribution < 1.29 is 9.18 Å². The maximum Gasteiger partial charge on any atom is 0.271 e. The highest BCUT2D eigenvalue weighted by Gasteiger charge is 2.03. The van der Waals surface area contributed by atoms with E-state index >= 15 is 0 Å². The molecule has 2 aromatic carbocycles. The molecule has 3 nitrogen and oxygen atoms in total. The third-order valence-electron chi connectivity index (χ3n) is 2.87. The Kier molecular flexibility index (Phi) is 4.60. The predicted octanol–water partition coefficient (Wildman–Crippen LogP) is 3.15. The molecule has 0 aliphatic heterocycles. The SMILES string of the molecule is CCc1ccc(/C=N\NC(=O)c2ccc(F)cc2)cc1. The molecule has 2 rings (SSSR count). The van der Waals surface area contributed by atoms with Gasteiger partial charge in [0, 0.05) is 5.56 Å². The summed E-state index contributed by atoms with van der Waals surface area (Å²) >= 11 is 0. The number of amides is 1. The number of hydrogen-bond acceptors (Lipinski definition) is 2. The van der Waals surface area contributed by atoms with Crippen LogP contribution in [0.3, 0.4) is 0 Å². The van der Waals surface area contributed by atoms with Crippen LogP contribution in [0.1, 0.15) is 28.4 Å². The van der Waals surface area contributed by atoms with Crippen LogP contribution >= 0.6 is 0 Å². The summed E-state index contributed by atoms with van der Waals surface area (Å²) < 4.78 is 12.7. The standard InChI is InChI=1S/C16H15FN2O/c1-2-12-3-5-13(6-4-12)11-18-19-16(20)14-7-9-15(17)10-8-14/h3-11H,2H2,1H3,(H,19,20)/b18-11-. The molecule has 0 fully saturated rings. The highest BCUT2D eigenvalue weighted by Crippen LogP contribution is 2.04. The molecule has 102 valence electrons. The van der Waals surface area contributed by atoms with Crippen LogP contribution in [0.2, 0.25) is 0 Å². The van der Waals surface area contributed by atoms with Gasteiger partial charge >= 0.3 is 0 Å². The molecule has 0 aliphatic rings. The van der Waals surface area contributed by atoms with Gasteiger partial charge in [-0.2, -0.15) is 5.10 Å². The van der Waals surface area contributed by atoms with E-state index in [2.05, 4.69) is 17.5 Å². The van der Waals surface area contributed by atoms with Crippen molar-refractivity contribution >= 4 is 12.1 Å². The number of benzene rings is 2. The number of hydrazone groups is 1. The van der Waals surface area contributed by atoms with Crippen LogP contribution < -0.4 is 5.43 Å². The van der Waals surface area contributed by atoms with Crippen molar-refractivity contribution in [1.82, 2.24) is 5.43 Å². The Bertz CT molecular complexity index is 603. The fourth-order valence-electron chi connectivity index (χ4n) is 1.67. The first-order chi connectivity index (χ1) is 9.69. The molecule has 0 bridgehead atoms. The van der Waals surface area contributed by atoms with Gasteiger partial charge in [0.1, 0.15) is 5.82 Å². The van der Waals surface area contributed by atoms with Crippen LogP contribution in [0.25, 0.3) is 0 Å². The lowest BCUT2D eigenvalue weighted by molar-refractivity contribution is 0.0955. The Morgan fingerprint density at radius 3 is 2.40 bits per heavy atom. The van der Waals surface area contributed by atoms with Gasteiger partial charge in [-0.15, -0.1) is 0 Å². The van der Waals surface area contributed by atoms with Gasteiger partial charge in [0.25, 0.3) is 5.91 Å². The maximum absolute atomic E-state index is 12.7. The molecule has 4 heteroatoms. The molecule has 0 saturated heterocycles. The minimum Gasteiger partial charge on any atom is -0.267 e. The number of halogens is 1. The second-order valence-corrected chi connectivity index (χ2v) is 4.30. The molecule has 1 amide bonds. The van der Waals surface area contributed by atoms with Gasteiger partial charge < -0.3 is 0 Å². The highest BCUT2D eigenvalue weighted by atomic mass is 19.1. The molecule has 0 radical (unpaired) electrons.